The van der Waals surface area contributed by atoms with Crippen molar-refractivity contribution in [3.63, 3.8) is 0 Å². The van der Waals surface area contributed by atoms with Crippen molar-refractivity contribution in [2.45, 2.75) is 95.6 Å². The molecule has 7 nitrogen and oxygen atoms in total. The van der Waals surface area contributed by atoms with Gasteiger partial charge in [0.1, 0.15) is 11.4 Å². The molecule has 1 saturated carbocycles. The Kier molecular flexibility index (Phi) is 7.85. The van der Waals surface area contributed by atoms with E-state index < -0.39 is 23.7 Å². The Labute approximate surface area is 253 Å². The highest BCUT2D eigenvalue weighted by molar-refractivity contribution is 5.89. The van der Waals surface area contributed by atoms with Gasteiger partial charge in [-0.05, 0) is 112 Å². The van der Waals surface area contributed by atoms with E-state index in [9.17, 15) is 14.9 Å². The van der Waals surface area contributed by atoms with Crippen molar-refractivity contribution in [2.75, 3.05) is 20.1 Å². The van der Waals surface area contributed by atoms with Gasteiger partial charge < -0.3 is 14.4 Å². The number of nitrogens with zero attached hydrogens (tertiary/aromatic N) is 3. The molecule has 3 aliphatic heterocycles. The summed E-state index contributed by atoms with van der Waals surface area (Å²) in [6.07, 6.45) is 4.08. The molecular weight excluding hydrogens is 545 g/mol. The molecule has 0 N–H and O–H groups in total. The molecule has 43 heavy (non-hydrogen) atoms. The molecule has 2 saturated heterocycles. The summed E-state index contributed by atoms with van der Waals surface area (Å²) in [5.41, 5.74) is 3.63. The van der Waals surface area contributed by atoms with Gasteiger partial charge in [-0.3, -0.25) is 9.69 Å². The van der Waals surface area contributed by atoms with Crippen LogP contribution < -0.4 is 0 Å². The van der Waals surface area contributed by atoms with Crippen molar-refractivity contribution in [1.29, 1.82) is 5.26 Å². The number of piperidine rings is 2. The minimum atomic E-state index is -0.686. The Morgan fingerprint density at radius 2 is 1.86 bits per heavy atom. The summed E-state index contributed by atoms with van der Waals surface area (Å²) in [6, 6.07) is 13.1. The minimum Gasteiger partial charge on any atom is -0.444 e. The lowest BCUT2D eigenvalue weighted by Crippen LogP contribution is -2.51. The molecule has 8 heteroatoms. The molecule has 0 unspecified atom stereocenters. The quantitative estimate of drug-likeness (QED) is 0.391. The van der Waals surface area contributed by atoms with E-state index in [1.54, 1.807) is 11.0 Å². The van der Waals surface area contributed by atoms with Gasteiger partial charge in [0.15, 0.2) is 5.78 Å². The van der Waals surface area contributed by atoms with Crippen molar-refractivity contribution in [3.8, 4) is 17.2 Å². The first-order chi connectivity index (χ1) is 20.5. The van der Waals surface area contributed by atoms with Gasteiger partial charge in [-0.1, -0.05) is 24.3 Å². The van der Waals surface area contributed by atoms with E-state index in [4.69, 9.17) is 9.47 Å². The third-order valence-electron chi connectivity index (χ3n) is 9.90. The van der Waals surface area contributed by atoms with Crippen molar-refractivity contribution in [2.24, 2.45) is 11.8 Å². The van der Waals surface area contributed by atoms with Crippen molar-refractivity contribution in [1.82, 2.24) is 9.80 Å². The zero-order chi connectivity index (χ0) is 30.5. The summed E-state index contributed by atoms with van der Waals surface area (Å²) in [5, 5.41) is 9.94. The van der Waals surface area contributed by atoms with Gasteiger partial charge in [-0.2, -0.15) is 5.26 Å². The molecule has 1 spiro atoms. The Morgan fingerprint density at radius 3 is 2.56 bits per heavy atom. The second kappa shape index (κ2) is 11.3. The van der Waals surface area contributed by atoms with Gasteiger partial charge in [-0.25, -0.2) is 9.18 Å². The molecule has 1 amide bonds. The summed E-state index contributed by atoms with van der Waals surface area (Å²) in [5.74, 6) is -1.11. The van der Waals surface area contributed by atoms with E-state index in [2.05, 4.69) is 30.1 Å². The summed E-state index contributed by atoms with van der Waals surface area (Å²) < 4.78 is 27.4. The van der Waals surface area contributed by atoms with Crippen LogP contribution >= 0.6 is 0 Å². The van der Waals surface area contributed by atoms with Gasteiger partial charge in [0, 0.05) is 25.6 Å². The molecule has 2 bridgehead atoms. The fourth-order valence-electron chi connectivity index (χ4n) is 7.66. The number of hydrogen-bond acceptors (Lipinski definition) is 6. The van der Waals surface area contributed by atoms with Crippen LogP contribution in [-0.2, 0) is 32.9 Å². The number of likely N-dealkylation sites (tertiary alicyclic amines) is 2. The zero-order valence-electron chi connectivity index (χ0n) is 25.7. The van der Waals surface area contributed by atoms with Crippen LogP contribution in [0.2, 0.25) is 0 Å². The maximum atomic E-state index is 15.5. The van der Waals surface area contributed by atoms with E-state index in [-0.39, 0.29) is 42.0 Å². The Hall–Kier alpha value is -3.28. The monoisotopic (exact) mass is 587 g/mol. The number of benzene rings is 2. The maximum Gasteiger partial charge on any atom is 0.411 e. The highest BCUT2D eigenvalue weighted by Crippen LogP contribution is 2.46. The lowest BCUT2D eigenvalue weighted by Gasteiger charge is -2.37. The van der Waals surface area contributed by atoms with Gasteiger partial charge >= 0.3 is 6.09 Å². The van der Waals surface area contributed by atoms with Crippen LogP contribution in [0.3, 0.4) is 0 Å². The molecule has 1 aliphatic carbocycles. The highest BCUT2D eigenvalue weighted by atomic mass is 19.1. The van der Waals surface area contributed by atoms with Gasteiger partial charge in [-0.15, -0.1) is 0 Å². The van der Waals surface area contributed by atoms with Gasteiger partial charge in [0.05, 0.1) is 30.2 Å². The number of ether oxygens (including phenoxy) is 2. The second-order valence-corrected chi connectivity index (χ2v) is 14.0. The SMILES string of the molecule is CN1CCC2(CC1)OCc1ccc(-c3ccc(C[C@@H](C#N)CC(=O)[C@@H]4[C@H]5CC[C@H](C5)N4C(=O)OC(C)(C)C)c(F)c3)cc12. The second-order valence-electron chi connectivity index (χ2n) is 14.0. The van der Waals surface area contributed by atoms with E-state index in [1.165, 1.54) is 17.2 Å². The smallest absolute Gasteiger partial charge is 0.411 e. The summed E-state index contributed by atoms with van der Waals surface area (Å²) in [4.78, 5) is 30.5. The number of amides is 1. The summed E-state index contributed by atoms with van der Waals surface area (Å²) in [7, 11) is 2.13. The van der Waals surface area contributed by atoms with Crippen LogP contribution in [0.1, 0.15) is 76.0 Å². The van der Waals surface area contributed by atoms with Gasteiger partial charge in [0.25, 0.3) is 0 Å². The molecule has 2 aromatic carbocycles. The van der Waals surface area contributed by atoms with Crippen molar-refractivity contribution >= 4 is 11.9 Å². The normalized spacial score (nSPS) is 25.0. The molecule has 2 aromatic rings. The number of Topliss-reactive ketones (excluding diaryl/α,β-unsaturated/α-hetero) is 1. The molecule has 3 fully saturated rings. The van der Waals surface area contributed by atoms with Crippen molar-refractivity contribution < 1.29 is 23.5 Å². The number of nitriles is 1. The molecule has 4 aliphatic rings. The Bertz CT molecular complexity index is 1450. The number of hydrogen-bond donors (Lipinski definition) is 0. The number of carbonyl (C=O) groups is 2. The summed E-state index contributed by atoms with van der Waals surface area (Å²) >= 11 is 0. The predicted molar refractivity (Wildman–Crippen MR) is 160 cm³/mol. The third-order valence-corrected chi connectivity index (χ3v) is 9.90. The fourth-order valence-corrected chi connectivity index (χ4v) is 7.66. The maximum absolute atomic E-state index is 15.5. The highest BCUT2D eigenvalue weighted by Gasteiger charge is 2.52. The Balaban J connectivity index is 1.15. The minimum absolute atomic E-state index is 0.000523. The van der Waals surface area contributed by atoms with Crippen LogP contribution in [0.15, 0.2) is 36.4 Å². The zero-order valence-corrected chi connectivity index (χ0v) is 25.7. The number of ketones is 1. The average Bonchev–Trinajstić information content (AvgIpc) is 3.68. The molecule has 228 valence electrons. The lowest BCUT2D eigenvalue weighted by atomic mass is 9.82. The predicted octanol–water partition coefficient (Wildman–Crippen LogP) is 6.37. The number of rotatable bonds is 6. The first-order valence-corrected chi connectivity index (χ1v) is 15.6. The van der Waals surface area contributed by atoms with E-state index >= 15 is 4.39 Å². The molecule has 4 atom stereocenters. The van der Waals surface area contributed by atoms with Crippen LogP contribution in [0.5, 0.6) is 0 Å². The van der Waals surface area contributed by atoms with E-state index in [1.807, 2.05) is 32.9 Å². The van der Waals surface area contributed by atoms with E-state index in [0.29, 0.717) is 12.2 Å². The first-order valence-electron chi connectivity index (χ1n) is 15.6. The van der Waals surface area contributed by atoms with E-state index in [0.717, 1.165) is 56.3 Å². The average molecular weight is 588 g/mol. The molecular formula is C35H42FN3O4. The summed E-state index contributed by atoms with van der Waals surface area (Å²) in [6.45, 7) is 8.01. The molecule has 6 rings (SSSR count). The Morgan fingerprint density at radius 1 is 1.14 bits per heavy atom. The largest absolute Gasteiger partial charge is 0.444 e. The van der Waals surface area contributed by atoms with Crippen LogP contribution in [0.4, 0.5) is 9.18 Å². The number of carbonyl (C=O) groups excluding carboxylic acids is 2. The van der Waals surface area contributed by atoms with Crippen LogP contribution in [-0.4, -0.2) is 59.5 Å². The number of fused-ring (bicyclic) bond motifs is 4. The standard InChI is InChI=1S/C35H42FN3O4/c1-34(2,3)43-33(41)39-28-10-9-26(17-28)32(39)31(40)16-22(20-37)15-25-7-5-24(19-30(25)36)23-6-8-27-21-42-35(29(27)18-23)11-13-38(4)14-12-35/h5-8,18-19,22,26,28,32H,9-17,21H2,1-4H3/t22-,26+,28-,32+/m1/s1. The lowest BCUT2D eigenvalue weighted by molar-refractivity contribution is -0.126. The van der Waals surface area contributed by atoms with Crippen molar-refractivity contribution in [3.05, 3.63) is 58.9 Å². The van der Waals surface area contributed by atoms with Crippen LogP contribution in [0.25, 0.3) is 11.1 Å². The molecule has 0 radical (unpaired) electrons. The first kappa shape index (κ1) is 29.8. The topological polar surface area (TPSA) is 82.9 Å². The van der Waals surface area contributed by atoms with Crippen LogP contribution in [0, 0.1) is 29.0 Å². The number of halogens is 1. The third kappa shape index (κ3) is 5.82. The molecule has 3 heterocycles. The fraction of sp³-hybridized carbons (Fsp3) is 0.571. The molecule has 0 aromatic heterocycles. The van der Waals surface area contributed by atoms with Gasteiger partial charge in [0.2, 0.25) is 0 Å².